The van der Waals surface area contributed by atoms with Crippen LogP contribution in [0.1, 0.15) is 16.2 Å². The number of hydrogen-bond acceptors (Lipinski definition) is 6. The Labute approximate surface area is 161 Å². The van der Waals surface area contributed by atoms with Gasteiger partial charge in [-0.2, -0.15) is 17.9 Å². The average molecular weight is 429 g/mol. The molecule has 29 heavy (non-hydrogen) atoms. The molecule has 0 bridgehead atoms. The molecule has 3 aromatic rings. The van der Waals surface area contributed by atoms with Crippen LogP contribution in [0.4, 0.5) is 23.2 Å². The van der Waals surface area contributed by atoms with Crippen molar-refractivity contribution in [2.45, 2.75) is 17.3 Å². The number of amides is 1. The lowest BCUT2D eigenvalue weighted by Crippen LogP contribution is -2.23. The van der Waals surface area contributed by atoms with Crippen LogP contribution in [0.3, 0.4) is 0 Å². The Kier molecular flexibility index (Phi) is 5.09. The van der Waals surface area contributed by atoms with E-state index in [1.54, 1.807) is 6.92 Å². The molecule has 0 atom stereocenters. The van der Waals surface area contributed by atoms with Gasteiger partial charge in [-0.15, -0.1) is 5.10 Å². The number of anilines is 1. The van der Waals surface area contributed by atoms with Crippen LogP contribution in [-0.4, -0.2) is 40.0 Å². The van der Waals surface area contributed by atoms with Crippen LogP contribution in [0.25, 0.3) is 5.69 Å². The molecule has 0 fully saturated rings. The van der Waals surface area contributed by atoms with Gasteiger partial charge in [0.15, 0.2) is 5.82 Å². The third kappa shape index (κ3) is 3.94. The first kappa shape index (κ1) is 20.4. The van der Waals surface area contributed by atoms with Crippen molar-refractivity contribution in [1.29, 1.82) is 0 Å². The van der Waals surface area contributed by atoms with Gasteiger partial charge in [0.2, 0.25) is 0 Å². The predicted octanol–water partition coefficient (Wildman–Crippen LogP) is 2.66. The van der Waals surface area contributed by atoms with E-state index in [0.29, 0.717) is 18.0 Å². The first-order valence-corrected chi connectivity index (χ1v) is 9.27. The average Bonchev–Trinajstić information content (AvgIpc) is 3.08. The zero-order valence-electron chi connectivity index (χ0n) is 14.5. The van der Waals surface area contributed by atoms with Gasteiger partial charge in [-0.1, -0.05) is 0 Å². The summed E-state index contributed by atoms with van der Waals surface area (Å²) in [6.07, 6.45) is 0. The van der Waals surface area contributed by atoms with E-state index >= 15 is 0 Å². The molecule has 1 N–H and O–H groups in total. The van der Waals surface area contributed by atoms with Gasteiger partial charge in [0.25, 0.3) is 15.7 Å². The van der Waals surface area contributed by atoms with Gasteiger partial charge >= 0.3 is 5.51 Å². The second kappa shape index (κ2) is 7.24. The van der Waals surface area contributed by atoms with Crippen molar-refractivity contribution in [2.75, 3.05) is 5.32 Å². The second-order valence-electron chi connectivity index (χ2n) is 5.73. The standard InChI is InChI=1S/C16H11F4N5O3S/c1-9-22-23-24-25(9)14-8-11(4-7-13(14)17)21-15(26)10-2-5-12(6-3-10)29(27,28)16(18,19)20/h2-8H,1H3,(H,21,26). The molecular formula is C16H11F4N5O3S. The molecular weight excluding hydrogens is 418 g/mol. The zero-order valence-corrected chi connectivity index (χ0v) is 15.3. The molecule has 1 amide bonds. The van der Waals surface area contributed by atoms with Crippen molar-refractivity contribution in [1.82, 2.24) is 20.2 Å². The van der Waals surface area contributed by atoms with Crippen LogP contribution >= 0.6 is 0 Å². The smallest absolute Gasteiger partial charge is 0.322 e. The number of halogens is 4. The molecule has 1 heterocycles. The monoisotopic (exact) mass is 429 g/mol. The van der Waals surface area contributed by atoms with Crippen molar-refractivity contribution in [3.05, 3.63) is 59.7 Å². The molecule has 0 aliphatic heterocycles. The molecule has 0 radical (unpaired) electrons. The Morgan fingerprint density at radius 3 is 2.31 bits per heavy atom. The van der Waals surface area contributed by atoms with Crippen LogP contribution in [0.2, 0.25) is 0 Å². The fourth-order valence-electron chi connectivity index (χ4n) is 2.33. The van der Waals surface area contributed by atoms with Crippen molar-refractivity contribution in [3.63, 3.8) is 0 Å². The summed E-state index contributed by atoms with van der Waals surface area (Å²) in [6.45, 7) is 1.54. The summed E-state index contributed by atoms with van der Waals surface area (Å²) in [5, 5.41) is 13.1. The lowest BCUT2D eigenvalue weighted by atomic mass is 10.2. The maximum atomic E-state index is 14.0. The highest BCUT2D eigenvalue weighted by molar-refractivity contribution is 7.92. The summed E-state index contributed by atoms with van der Waals surface area (Å²) in [4.78, 5) is 11.3. The molecule has 3 rings (SSSR count). The molecule has 0 aliphatic carbocycles. The largest absolute Gasteiger partial charge is 0.501 e. The molecule has 8 nitrogen and oxygen atoms in total. The lowest BCUT2D eigenvalue weighted by Gasteiger charge is -2.10. The fraction of sp³-hybridized carbons (Fsp3) is 0.125. The van der Waals surface area contributed by atoms with Crippen LogP contribution in [0, 0.1) is 12.7 Å². The van der Waals surface area contributed by atoms with Crippen molar-refractivity contribution >= 4 is 21.4 Å². The van der Waals surface area contributed by atoms with Crippen LogP contribution in [-0.2, 0) is 9.84 Å². The van der Waals surface area contributed by atoms with Crippen LogP contribution in [0.15, 0.2) is 47.4 Å². The van der Waals surface area contributed by atoms with Gasteiger partial charge in [0, 0.05) is 11.3 Å². The minimum absolute atomic E-state index is 0.0306. The Morgan fingerprint density at radius 1 is 1.10 bits per heavy atom. The number of nitrogens with one attached hydrogen (secondary N) is 1. The summed E-state index contributed by atoms with van der Waals surface area (Å²) < 4.78 is 75.6. The molecule has 0 saturated carbocycles. The number of rotatable bonds is 4. The number of aryl methyl sites for hydroxylation is 1. The number of alkyl halides is 3. The van der Waals surface area contributed by atoms with Crippen molar-refractivity contribution in [3.8, 4) is 5.69 Å². The van der Waals surface area contributed by atoms with Gasteiger partial charge in [-0.25, -0.2) is 12.8 Å². The Hall–Kier alpha value is -3.35. The van der Waals surface area contributed by atoms with Crippen LogP contribution < -0.4 is 5.32 Å². The van der Waals surface area contributed by atoms with E-state index in [9.17, 15) is 30.8 Å². The van der Waals surface area contributed by atoms with E-state index in [1.807, 2.05) is 0 Å². The first-order chi connectivity index (χ1) is 13.5. The van der Waals surface area contributed by atoms with Gasteiger partial charge in [-0.3, -0.25) is 4.79 Å². The summed E-state index contributed by atoms with van der Waals surface area (Å²) in [6, 6.07) is 6.83. The van der Waals surface area contributed by atoms with Crippen LogP contribution in [0.5, 0.6) is 0 Å². The summed E-state index contributed by atoms with van der Waals surface area (Å²) >= 11 is 0. The summed E-state index contributed by atoms with van der Waals surface area (Å²) in [5.74, 6) is -1.10. The van der Waals surface area contributed by atoms with E-state index < -0.39 is 32.0 Å². The molecule has 2 aromatic carbocycles. The quantitative estimate of drug-likeness (QED) is 0.639. The SMILES string of the molecule is Cc1nnnn1-c1cc(NC(=O)c2ccc(S(=O)(=O)C(F)(F)F)cc2)ccc1F. The van der Waals surface area contributed by atoms with Gasteiger partial charge in [-0.05, 0) is 59.8 Å². The molecule has 0 saturated heterocycles. The van der Waals surface area contributed by atoms with E-state index in [4.69, 9.17) is 0 Å². The number of sulfone groups is 1. The van der Waals surface area contributed by atoms with Crippen molar-refractivity contribution in [2.24, 2.45) is 0 Å². The van der Waals surface area contributed by atoms with Gasteiger partial charge in [0.1, 0.15) is 11.5 Å². The minimum atomic E-state index is -5.51. The fourth-order valence-corrected chi connectivity index (χ4v) is 3.09. The molecule has 1 aromatic heterocycles. The second-order valence-corrected chi connectivity index (χ2v) is 7.67. The number of nitrogens with zero attached hydrogens (tertiary/aromatic N) is 4. The van der Waals surface area contributed by atoms with E-state index in [-0.39, 0.29) is 16.9 Å². The maximum Gasteiger partial charge on any atom is 0.501 e. The predicted molar refractivity (Wildman–Crippen MR) is 91.5 cm³/mol. The molecule has 152 valence electrons. The minimum Gasteiger partial charge on any atom is -0.322 e. The highest BCUT2D eigenvalue weighted by Crippen LogP contribution is 2.30. The normalized spacial score (nSPS) is 12.0. The number of carbonyl (C=O) groups excluding carboxylic acids is 1. The molecule has 0 spiro atoms. The van der Waals surface area contributed by atoms with Gasteiger partial charge in [0.05, 0.1) is 4.90 Å². The number of aromatic nitrogens is 4. The third-order valence-corrected chi connectivity index (χ3v) is 5.29. The van der Waals surface area contributed by atoms with Crippen molar-refractivity contribution < 1.29 is 30.8 Å². The number of benzene rings is 2. The Balaban J connectivity index is 1.84. The summed E-state index contributed by atoms with van der Waals surface area (Å²) in [5.41, 5.74) is -5.42. The third-order valence-electron chi connectivity index (χ3n) is 3.79. The highest BCUT2D eigenvalue weighted by atomic mass is 32.2. The zero-order chi connectivity index (χ0) is 21.4. The maximum absolute atomic E-state index is 14.0. The lowest BCUT2D eigenvalue weighted by molar-refractivity contribution is -0.0436. The van der Waals surface area contributed by atoms with E-state index in [1.165, 1.54) is 12.1 Å². The number of hydrogen-bond donors (Lipinski definition) is 1. The first-order valence-electron chi connectivity index (χ1n) is 7.78. The molecule has 0 unspecified atom stereocenters. The Morgan fingerprint density at radius 2 is 1.76 bits per heavy atom. The molecule has 0 aliphatic rings. The van der Waals surface area contributed by atoms with Gasteiger partial charge < -0.3 is 5.32 Å². The van der Waals surface area contributed by atoms with E-state index in [0.717, 1.165) is 22.9 Å². The Bertz CT molecular complexity index is 1170. The molecule has 13 heteroatoms. The topological polar surface area (TPSA) is 107 Å². The highest BCUT2D eigenvalue weighted by Gasteiger charge is 2.46. The number of carbonyl (C=O) groups is 1. The van der Waals surface area contributed by atoms with E-state index in [2.05, 4.69) is 20.8 Å². The summed E-state index contributed by atoms with van der Waals surface area (Å²) in [7, 11) is -5.51. The number of tetrazole rings is 1.